The van der Waals surface area contributed by atoms with E-state index in [1.54, 1.807) is 18.2 Å². The molecule has 154 valence electrons. The van der Waals surface area contributed by atoms with Gasteiger partial charge in [-0.1, -0.05) is 0 Å². The van der Waals surface area contributed by atoms with E-state index in [0.717, 1.165) is 5.56 Å². The van der Waals surface area contributed by atoms with Crippen molar-refractivity contribution >= 4 is 40.5 Å². The van der Waals surface area contributed by atoms with Crippen LogP contribution in [0, 0.1) is 22.7 Å². The van der Waals surface area contributed by atoms with Crippen LogP contribution in [0.3, 0.4) is 0 Å². The second-order valence-electron chi connectivity index (χ2n) is 6.38. The molecule has 8 nitrogen and oxygen atoms in total. The molecule has 1 aliphatic rings. The van der Waals surface area contributed by atoms with Crippen molar-refractivity contribution in [2.75, 3.05) is 23.6 Å². The van der Waals surface area contributed by atoms with Gasteiger partial charge in [0, 0.05) is 29.5 Å². The Kier molecular flexibility index (Phi) is 5.94. The van der Waals surface area contributed by atoms with Crippen molar-refractivity contribution in [1.82, 2.24) is 4.98 Å². The summed E-state index contributed by atoms with van der Waals surface area (Å²) in [5.41, 5.74) is 8.28. The van der Waals surface area contributed by atoms with Gasteiger partial charge >= 0.3 is 0 Å². The first kappa shape index (κ1) is 20.5. The van der Waals surface area contributed by atoms with Gasteiger partial charge in [0.05, 0.1) is 5.56 Å². The van der Waals surface area contributed by atoms with Gasteiger partial charge in [-0.3, -0.25) is 4.79 Å². The zero-order chi connectivity index (χ0) is 21.8. The summed E-state index contributed by atoms with van der Waals surface area (Å²) < 4.78 is 10.6. The van der Waals surface area contributed by atoms with Crippen LogP contribution in [0.5, 0.6) is 11.5 Å². The Morgan fingerprint density at radius 3 is 2.77 bits per heavy atom. The summed E-state index contributed by atoms with van der Waals surface area (Å²) in [6, 6.07) is 11.2. The van der Waals surface area contributed by atoms with Crippen LogP contribution in [-0.2, 0) is 4.79 Å². The fourth-order valence-corrected chi connectivity index (χ4v) is 4.62. The predicted molar refractivity (Wildman–Crippen MR) is 118 cm³/mol. The van der Waals surface area contributed by atoms with E-state index in [4.69, 9.17) is 15.2 Å². The monoisotopic (exact) mass is 449 g/mol. The van der Waals surface area contributed by atoms with Crippen LogP contribution < -0.4 is 20.5 Å². The smallest absolute Gasteiger partial charge is 0.231 e. The number of fused-ring (bicyclic) bond motifs is 1. The number of nitriles is 2. The lowest BCUT2D eigenvalue weighted by atomic mass is 9.99. The number of rotatable bonds is 6. The Balaban J connectivity index is 1.47. The van der Waals surface area contributed by atoms with E-state index < -0.39 is 0 Å². The van der Waals surface area contributed by atoms with Crippen LogP contribution in [-0.4, -0.2) is 23.4 Å². The van der Waals surface area contributed by atoms with Crippen LogP contribution in [0.25, 0.3) is 11.1 Å². The Labute approximate surface area is 186 Å². The predicted octanol–water partition coefficient (Wildman–Crippen LogP) is 3.99. The minimum atomic E-state index is -0.190. The molecule has 3 N–H and O–H groups in total. The van der Waals surface area contributed by atoms with E-state index >= 15 is 0 Å². The molecule has 3 heterocycles. The maximum absolute atomic E-state index is 12.3. The number of aromatic nitrogens is 1. The molecule has 1 amide bonds. The lowest BCUT2D eigenvalue weighted by Crippen LogP contribution is -2.12. The van der Waals surface area contributed by atoms with Crippen molar-refractivity contribution in [2.24, 2.45) is 0 Å². The van der Waals surface area contributed by atoms with E-state index in [1.807, 2.05) is 22.9 Å². The quantitative estimate of drug-likeness (QED) is 0.540. The van der Waals surface area contributed by atoms with Gasteiger partial charge in [-0.2, -0.15) is 21.9 Å². The molecule has 3 aromatic rings. The highest BCUT2D eigenvalue weighted by atomic mass is 32.2. The Hall–Kier alpha value is -3.73. The van der Waals surface area contributed by atoms with Crippen molar-refractivity contribution in [2.45, 2.75) is 11.4 Å². The Bertz CT molecular complexity index is 1230. The molecule has 10 heteroatoms. The number of ether oxygens (including phenoxy) is 2. The highest BCUT2D eigenvalue weighted by Gasteiger charge is 2.21. The van der Waals surface area contributed by atoms with Gasteiger partial charge in [0.25, 0.3) is 0 Å². The molecule has 1 aromatic carbocycles. The molecule has 0 fully saturated rings. The minimum absolute atomic E-state index is 0.0648. The van der Waals surface area contributed by atoms with Crippen molar-refractivity contribution in [3.05, 3.63) is 46.2 Å². The maximum atomic E-state index is 12.3. The number of nitrogens with zero attached hydrogens (tertiary/aromatic N) is 3. The number of thioether (sulfide) groups is 1. The van der Waals surface area contributed by atoms with Gasteiger partial charge < -0.3 is 20.5 Å². The Morgan fingerprint density at radius 1 is 1.23 bits per heavy atom. The summed E-state index contributed by atoms with van der Waals surface area (Å²) in [6.45, 7) is 0.165. The third-order valence-corrected chi connectivity index (χ3v) is 6.11. The molecule has 31 heavy (non-hydrogen) atoms. The molecule has 0 spiro atoms. The van der Waals surface area contributed by atoms with Crippen LogP contribution >= 0.6 is 23.1 Å². The molecule has 1 aliphatic heterocycles. The van der Waals surface area contributed by atoms with Gasteiger partial charge in [-0.15, -0.1) is 11.8 Å². The number of amides is 1. The topological polar surface area (TPSA) is 134 Å². The van der Waals surface area contributed by atoms with E-state index in [0.29, 0.717) is 33.5 Å². The largest absolute Gasteiger partial charge is 0.454 e. The molecule has 0 atom stereocenters. The molecule has 0 aliphatic carbocycles. The fourth-order valence-electron chi connectivity index (χ4n) is 3.04. The third-order valence-electron chi connectivity index (χ3n) is 4.45. The lowest BCUT2D eigenvalue weighted by Gasteiger charge is -2.12. The fraction of sp³-hybridized carbons (Fsp3) is 0.143. The van der Waals surface area contributed by atoms with Gasteiger partial charge in [-0.05, 0) is 34.5 Å². The first-order valence-electron chi connectivity index (χ1n) is 9.09. The molecule has 0 radical (unpaired) electrons. The van der Waals surface area contributed by atoms with E-state index in [-0.39, 0.29) is 36.1 Å². The van der Waals surface area contributed by atoms with Crippen molar-refractivity contribution in [3.63, 3.8) is 0 Å². The molecule has 0 saturated carbocycles. The summed E-state index contributed by atoms with van der Waals surface area (Å²) in [5.74, 6) is 1.49. The Morgan fingerprint density at radius 2 is 2.03 bits per heavy atom. The zero-order valence-electron chi connectivity index (χ0n) is 16.0. The second kappa shape index (κ2) is 8.96. The van der Waals surface area contributed by atoms with Gasteiger partial charge in [0.2, 0.25) is 12.7 Å². The first-order valence-corrected chi connectivity index (χ1v) is 11.0. The van der Waals surface area contributed by atoms with Crippen LogP contribution in [0.1, 0.15) is 17.5 Å². The maximum Gasteiger partial charge on any atom is 0.231 e. The van der Waals surface area contributed by atoms with Crippen LogP contribution in [0.2, 0.25) is 0 Å². The number of hydrogen-bond donors (Lipinski definition) is 2. The summed E-state index contributed by atoms with van der Waals surface area (Å²) in [4.78, 5) is 16.6. The number of carbonyl (C=O) groups excluding carboxylic acids is 1. The average molecular weight is 450 g/mol. The molecular formula is C21H15N5O3S2. The standard InChI is InChI=1S/C21H15N5O3S2/c22-8-14-19(12-3-5-30-10-12)15(9-23)21(26-20(14)24)31-6-4-18(27)25-13-1-2-16-17(7-13)29-11-28-16/h1-3,5,7,10H,4,6,11H2,(H2,24,26)(H,25,27). The van der Waals surface area contributed by atoms with Gasteiger partial charge in [0.1, 0.15) is 28.5 Å². The van der Waals surface area contributed by atoms with Gasteiger partial charge in [0.15, 0.2) is 11.5 Å². The van der Waals surface area contributed by atoms with Gasteiger partial charge in [-0.25, -0.2) is 4.98 Å². The highest BCUT2D eigenvalue weighted by molar-refractivity contribution is 7.99. The number of benzene rings is 1. The average Bonchev–Trinajstić information content (AvgIpc) is 3.45. The summed E-state index contributed by atoms with van der Waals surface area (Å²) >= 11 is 2.71. The molecule has 0 saturated heterocycles. The number of thiophene rings is 1. The number of hydrogen-bond acceptors (Lipinski definition) is 9. The van der Waals surface area contributed by atoms with E-state index in [1.165, 1.54) is 23.1 Å². The molecule has 2 aromatic heterocycles. The highest BCUT2D eigenvalue weighted by Crippen LogP contribution is 2.37. The number of carbonyl (C=O) groups is 1. The first-order chi connectivity index (χ1) is 15.1. The van der Waals surface area contributed by atoms with Crippen LogP contribution in [0.4, 0.5) is 11.5 Å². The summed E-state index contributed by atoms with van der Waals surface area (Å²) in [7, 11) is 0. The van der Waals surface area contributed by atoms with Crippen LogP contribution in [0.15, 0.2) is 40.1 Å². The van der Waals surface area contributed by atoms with Crippen molar-refractivity contribution in [3.8, 4) is 34.8 Å². The van der Waals surface area contributed by atoms with E-state index in [2.05, 4.69) is 16.4 Å². The summed E-state index contributed by atoms with van der Waals surface area (Å²) in [6.07, 6.45) is 0.194. The summed E-state index contributed by atoms with van der Waals surface area (Å²) in [5, 5.41) is 26.2. The molecule has 0 bridgehead atoms. The lowest BCUT2D eigenvalue weighted by molar-refractivity contribution is -0.115. The molecule has 0 unspecified atom stereocenters. The van der Waals surface area contributed by atoms with E-state index in [9.17, 15) is 15.3 Å². The zero-order valence-corrected chi connectivity index (χ0v) is 17.7. The minimum Gasteiger partial charge on any atom is -0.454 e. The number of nitrogens with one attached hydrogen (secondary N) is 1. The number of nitrogen functional groups attached to an aromatic ring is 1. The molecular weight excluding hydrogens is 434 g/mol. The second-order valence-corrected chi connectivity index (χ2v) is 8.24. The third kappa shape index (κ3) is 4.26. The number of pyridine rings is 1. The normalized spacial score (nSPS) is 11.5. The number of anilines is 2. The van der Waals surface area contributed by atoms with Crippen molar-refractivity contribution < 1.29 is 14.3 Å². The number of nitrogens with two attached hydrogens (primary N) is 1. The van der Waals surface area contributed by atoms with Crippen molar-refractivity contribution in [1.29, 1.82) is 10.5 Å². The molecule has 4 rings (SSSR count). The SMILES string of the molecule is N#Cc1c(N)nc(SCCC(=O)Nc2ccc3c(c2)OCO3)c(C#N)c1-c1ccsc1.